The molecular weight excluding hydrogens is 163 g/mol. The van der Waals surface area contributed by atoms with Gasteiger partial charge in [-0.05, 0) is 25.2 Å². The lowest BCUT2D eigenvalue weighted by atomic mass is 9.89. The molecular formula is C11H21P. The molecule has 0 nitrogen and oxygen atoms in total. The van der Waals surface area contributed by atoms with Crippen molar-refractivity contribution in [1.82, 2.24) is 0 Å². The molecule has 1 heteroatoms. The average molecular weight is 184 g/mol. The smallest absolute Gasteiger partial charge is 0.0227 e. The normalized spacial score (nSPS) is 21.3. The molecule has 0 spiro atoms. The van der Waals surface area contributed by atoms with Crippen LogP contribution in [0.15, 0.2) is 11.4 Å². The van der Waals surface area contributed by atoms with Crippen molar-refractivity contribution >= 4 is 9.24 Å². The van der Waals surface area contributed by atoms with Crippen LogP contribution in [-0.2, 0) is 0 Å². The van der Waals surface area contributed by atoms with Crippen LogP contribution in [-0.4, -0.2) is 0 Å². The quantitative estimate of drug-likeness (QED) is 0.578. The second-order valence-corrected chi connectivity index (χ2v) is 4.63. The van der Waals surface area contributed by atoms with Crippen LogP contribution in [0.25, 0.3) is 0 Å². The molecule has 1 atom stereocenters. The van der Waals surface area contributed by atoms with Gasteiger partial charge in [0.15, 0.2) is 0 Å². The molecule has 0 aromatic carbocycles. The summed E-state index contributed by atoms with van der Waals surface area (Å²) in [6, 6.07) is 0. The van der Waals surface area contributed by atoms with E-state index in [1.54, 1.807) is 0 Å². The maximum atomic E-state index is 2.89. The zero-order valence-electron chi connectivity index (χ0n) is 8.18. The lowest BCUT2D eigenvalue weighted by Crippen LogP contribution is -2.03. The van der Waals surface area contributed by atoms with Gasteiger partial charge >= 0.3 is 0 Å². The molecule has 0 amide bonds. The second-order valence-electron chi connectivity index (χ2n) is 3.89. The molecule has 1 aliphatic carbocycles. The predicted octanol–water partition coefficient (Wildman–Crippen LogP) is 4.13. The van der Waals surface area contributed by atoms with E-state index >= 15 is 0 Å². The van der Waals surface area contributed by atoms with Gasteiger partial charge in [0.05, 0.1) is 0 Å². The molecule has 12 heavy (non-hydrogen) atoms. The van der Waals surface area contributed by atoms with Gasteiger partial charge < -0.3 is 0 Å². The first-order chi connectivity index (χ1) is 5.83. The minimum absolute atomic E-state index is 0.901. The molecule has 1 fully saturated rings. The summed E-state index contributed by atoms with van der Waals surface area (Å²) in [6.45, 7) is 2.25. The van der Waals surface area contributed by atoms with Crippen molar-refractivity contribution in [3.05, 3.63) is 11.4 Å². The van der Waals surface area contributed by atoms with Gasteiger partial charge in [0.2, 0.25) is 0 Å². The third kappa shape index (κ3) is 3.72. The highest BCUT2D eigenvalue weighted by atomic mass is 31.0. The zero-order valence-corrected chi connectivity index (χ0v) is 9.34. The summed E-state index contributed by atoms with van der Waals surface area (Å²) in [5, 5.41) is 1.53. The fraction of sp³-hybridized carbons (Fsp3) is 0.818. The highest BCUT2D eigenvalue weighted by molar-refractivity contribution is 7.22. The lowest BCUT2D eigenvalue weighted by Gasteiger charge is -2.18. The number of allylic oxidation sites excluding steroid dienone is 2. The summed E-state index contributed by atoms with van der Waals surface area (Å²) in [5.74, 6) is 0.901. The Labute approximate surface area is 79.0 Å². The van der Waals surface area contributed by atoms with Gasteiger partial charge in [0.25, 0.3) is 0 Å². The molecule has 0 aromatic rings. The largest absolute Gasteiger partial charge is 0.110 e. The molecule has 1 saturated carbocycles. The van der Waals surface area contributed by atoms with Crippen molar-refractivity contribution < 1.29 is 0 Å². The molecule has 0 heterocycles. The van der Waals surface area contributed by atoms with Gasteiger partial charge in [-0.1, -0.05) is 44.0 Å². The minimum Gasteiger partial charge on any atom is -0.110 e. The van der Waals surface area contributed by atoms with Crippen LogP contribution in [0.2, 0.25) is 0 Å². The summed E-state index contributed by atoms with van der Waals surface area (Å²) in [5.41, 5.74) is 0. The Morgan fingerprint density at radius 2 is 2.00 bits per heavy atom. The monoisotopic (exact) mass is 184 g/mol. The third-order valence-electron chi connectivity index (χ3n) is 2.64. The van der Waals surface area contributed by atoms with Crippen LogP contribution in [0, 0.1) is 5.92 Å². The van der Waals surface area contributed by atoms with E-state index < -0.39 is 0 Å². The van der Waals surface area contributed by atoms with E-state index in [4.69, 9.17) is 0 Å². The first kappa shape index (κ1) is 10.3. The van der Waals surface area contributed by atoms with E-state index in [0.29, 0.717) is 0 Å². The molecule has 1 rings (SSSR count). The van der Waals surface area contributed by atoms with Crippen molar-refractivity contribution in [3.63, 3.8) is 0 Å². The van der Waals surface area contributed by atoms with Crippen LogP contribution < -0.4 is 0 Å². The van der Waals surface area contributed by atoms with Gasteiger partial charge in [-0.3, -0.25) is 0 Å². The first-order valence-corrected chi connectivity index (χ1v) is 5.87. The van der Waals surface area contributed by atoms with Crippen molar-refractivity contribution in [2.45, 2.75) is 51.9 Å². The molecule has 70 valence electrons. The van der Waals surface area contributed by atoms with Crippen molar-refractivity contribution in [2.24, 2.45) is 5.92 Å². The van der Waals surface area contributed by atoms with Gasteiger partial charge in [-0.2, -0.15) is 0 Å². The fourth-order valence-electron chi connectivity index (χ4n) is 1.98. The number of rotatable bonds is 3. The fourth-order valence-corrected chi connectivity index (χ4v) is 2.54. The van der Waals surface area contributed by atoms with E-state index in [1.807, 2.05) is 0 Å². The van der Waals surface area contributed by atoms with Crippen LogP contribution in [0.5, 0.6) is 0 Å². The third-order valence-corrected chi connectivity index (χ3v) is 3.12. The standard InChI is InChI=1S/C11H21P/c1-2-6-11(12)9-10-7-4-3-5-8-10/h9-10H,2-8,12H2,1H3/b11-9-. The van der Waals surface area contributed by atoms with Crippen LogP contribution in [0.1, 0.15) is 51.9 Å². The number of hydrogen-bond acceptors (Lipinski definition) is 0. The molecule has 0 radical (unpaired) electrons. The van der Waals surface area contributed by atoms with Crippen molar-refractivity contribution in [1.29, 1.82) is 0 Å². The van der Waals surface area contributed by atoms with E-state index in [0.717, 1.165) is 5.92 Å². The van der Waals surface area contributed by atoms with Crippen LogP contribution >= 0.6 is 9.24 Å². The molecule has 0 aliphatic heterocycles. The van der Waals surface area contributed by atoms with Crippen LogP contribution in [0.4, 0.5) is 0 Å². The van der Waals surface area contributed by atoms with E-state index in [9.17, 15) is 0 Å². The Bertz CT molecular complexity index is 143. The Morgan fingerprint density at radius 3 is 2.58 bits per heavy atom. The zero-order chi connectivity index (χ0) is 8.81. The highest BCUT2D eigenvalue weighted by Crippen LogP contribution is 2.27. The predicted molar refractivity (Wildman–Crippen MR) is 59.3 cm³/mol. The maximum Gasteiger partial charge on any atom is -0.0227 e. The van der Waals surface area contributed by atoms with E-state index in [-0.39, 0.29) is 0 Å². The molecule has 1 aliphatic rings. The van der Waals surface area contributed by atoms with Crippen molar-refractivity contribution in [3.8, 4) is 0 Å². The molecule has 1 unspecified atom stereocenters. The summed E-state index contributed by atoms with van der Waals surface area (Å²) in [7, 11) is 2.89. The topological polar surface area (TPSA) is 0 Å². The minimum atomic E-state index is 0.901. The van der Waals surface area contributed by atoms with E-state index in [2.05, 4.69) is 22.2 Å². The number of hydrogen-bond donors (Lipinski definition) is 0. The molecule has 0 N–H and O–H groups in total. The van der Waals surface area contributed by atoms with Crippen molar-refractivity contribution in [2.75, 3.05) is 0 Å². The maximum absolute atomic E-state index is 2.89. The van der Waals surface area contributed by atoms with Gasteiger partial charge in [-0.25, -0.2) is 0 Å². The summed E-state index contributed by atoms with van der Waals surface area (Å²) < 4.78 is 0. The van der Waals surface area contributed by atoms with Gasteiger partial charge in [0.1, 0.15) is 0 Å². The molecule has 0 aromatic heterocycles. The van der Waals surface area contributed by atoms with Gasteiger partial charge in [-0.15, -0.1) is 9.24 Å². The Morgan fingerprint density at radius 1 is 1.33 bits per heavy atom. The average Bonchev–Trinajstić information content (AvgIpc) is 2.06. The Kier molecular flexibility index (Phi) is 4.92. The molecule has 0 saturated heterocycles. The highest BCUT2D eigenvalue weighted by Gasteiger charge is 2.10. The van der Waals surface area contributed by atoms with Gasteiger partial charge in [0, 0.05) is 0 Å². The Hall–Kier alpha value is 0.170. The van der Waals surface area contributed by atoms with Crippen LogP contribution in [0.3, 0.4) is 0 Å². The Balaban J connectivity index is 2.31. The van der Waals surface area contributed by atoms with E-state index in [1.165, 1.54) is 50.3 Å². The summed E-state index contributed by atoms with van der Waals surface area (Å²) >= 11 is 0. The first-order valence-electron chi connectivity index (χ1n) is 5.29. The lowest BCUT2D eigenvalue weighted by molar-refractivity contribution is 0.418. The summed E-state index contributed by atoms with van der Waals surface area (Å²) in [4.78, 5) is 0. The summed E-state index contributed by atoms with van der Waals surface area (Å²) in [6.07, 6.45) is 12.3. The SMILES string of the molecule is CCC/C(P)=C/C1CCCCC1. The second kappa shape index (κ2) is 5.75. The molecule has 0 bridgehead atoms.